The molecule has 0 fully saturated rings. The first kappa shape index (κ1) is 17.0. The number of hydrogen-bond acceptors (Lipinski definition) is 5. The van der Waals surface area contributed by atoms with Gasteiger partial charge in [-0.05, 0) is 36.4 Å². The van der Waals surface area contributed by atoms with Gasteiger partial charge in [-0.1, -0.05) is 30.3 Å². The number of aryl methyl sites for hydroxylation is 1. The Kier molecular flexibility index (Phi) is 4.14. The zero-order chi connectivity index (χ0) is 18.4. The van der Waals surface area contributed by atoms with Crippen LogP contribution in [0.25, 0.3) is 22.3 Å². The second-order valence-electron chi connectivity index (χ2n) is 6.21. The van der Waals surface area contributed by atoms with Crippen molar-refractivity contribution in [2.45, 2.75) is 19.9 Å². The van der Waals surface area contributed by atoms with Crippen LogP contribution in [0.3, 0.4) is 0 Å². The summed E-state index contributed by atoms with van der Waals surface area (Å²) in [4.78, 5) is 8.52. The van der Waals surface area contributed by atoms with Gasteiger partial charge >= 0.3 is 0 Å². The second-order valence-corrected chi connectivity index (χ2v) is 7.23. The summed E-state index contributed by atoms with van der Waals surface area (Å²) >= 11 is 2.18. The van der Waals surface area contributed by atoms with Gasteiger partial charge in [-0.3, -0.25) is 4.68 Å². The Labute approximate surface area is 164 Å². The summed E-state index contributed by atoms with van der Waals surface area (Å²) in [6, 6.07) is 10.1. The van der Waals surface area contributed by atoms with Gasteiger partial charge in [0.05, 0.1) is 17.1 Å². The van der Waals surface area contributed by atoms with Crippen molar-refractivity contribution >= 4 is 39.4 Å². The summed E-state index contributed by atoms with van der Waals surface area (Å²) in [7, 11) is 1.96. The van der Waals surface area contributed by atoms with E-state index in [1.54, 1.807) is 0 Å². The van der Waals surface area contributed by atoms with Gasteiger partial charge in [0.2, 0.25) is 0 Å². The summed E-state index contributed by atoms with van der Waals surface area (Å²) < 4.78 is 4.62. The van der Waals surface area contributed by atoms with Crippen LogP contribution in [0, 0.1) is 10.6 Å². The lowest BCUT2D eigenvalue weighted by Crippen LogP contribution is -2.11. The maximum absolute atomic E-state index is 6.04. The number of rotatable bonds is 3. The van der Waals surface area contributed by atoms with Crippen molar-refractivity contribution in [2.24, 2.45) is 7.05 Å². The van der Waals surface area contributed by atoms with E-state index in [1.807, 2.05) is 34.6 Å². The van der Waals surface area contributed by atoms with Crippen LogP contribution in [0.2, 0.25) is 0 Å². The summed E-state index contributed by atoms with van der Waals surface area (Å²) in [6.07, 6.45) is 1.48. The molecule has 0 saturated heterocycles. The zero-order valence-electron chi connectivity index (χ0n) is 14.7. The normalized spacial score (nSPS) is 12.6. The van der Waals surface area contributed by atoms with Crippen LogP contribution in [-0.4, -0.2) is 29.5 Å². The van der Waals surface area contributed by atoms with E-state index >= 15 is 0 Å². The van der Waals surface area contributed by atoms with E-state index in [4.69, 9.17) is 15.9 Å². The molecule has 2 N–H and O–H groups in total. The average molecular weight is 459 g/mol. The van der Waals surface area contributed by atoms with Gasteiger partial charge < -0.3 is 5.73 Å². The van der Waals surface area contributed by atoms with Crippen LogP contribution in [0.1, 0.15) is 24.2 Å². The Morgan fingerprint density at radius 1 is 1.12 bits per heavy atom. The molecule has 1 atom stereocenters. The van der Waals surface area contributed by atoms with Crippen molar-refractivity contribution in [2.75, 3.05) is 5.73 Å². The van der Waals surface area contributed by atoms with Crippen LogP contribution in [0.5, 0.6) is 0 Å². The van der Waals surface area contributed by atoms with Gasteiger partial charge in [0, 0.05) is 23.9 Å². The minimum absolute atomic E-state index is 0.0563. The van der Waals surface area contributed by atoms with Crippen LogP contribution >= 0.6 is 22.6 Å². The highest BCUT2D eigenvalue weighted by molar-refractivity contribution is 14.1. The Morgan fingerprint density at radius 2 is 1.85 bits per heavy atom. The van der Waals surface area contributed by atoms with Crippen molar-refractivity contribution in [3.8, 4) is 11.3 Å². The van der Waals surface area contributed by atoms with Crippen LogP contribution in [-0.2, 0) is 7.05 Å². The predicted octanol–water partition coefficient (Wildman–Crippen LogP) is 3.33. The molecule has 4 rings (SSSR count). The van der Waals surface area contributed by atoms with E-state index in [-0.39, 0.29) is 6.04 Å². The summed E-state index contributed by atoms with van der Waals surface area (Å²) in [5, 5.41) is 10.2. The van der Waals surface area contributed by atoms with E-state index < -0.39 is 0 Å². The molecule has 3 aromatic heterocycles. The van der Waals surface area contributed by atoms with E-state index in [0.717, 1.165) is 37.2 Å². The highest BCUT2D eigenvalue weighted by atomic mass is 127. The summed E-state index contributed by atoms with van der Waals surface area (Å²) in [5.74, 6) is 0.448. The highest BCUT2D eigenvalue weighted by Crippen LogP contribution is 2.34. The number of nitrogen functional groups attached to an aromatic ring is 1. The van der Waals surface area contributed by atoms with E-state index in [9.17, 15) is 0 Å². The fourth-order valence-corrected chi connectivity index (χ4v) is 4.03. The molecule has 1 aromatic carbocycles. The first-order valence-corrected chi connectivity index (χ1v) is 9.30. The third-order valence-electron chi connectivity index (χ3n) is 4.69. The van der Waals surface area contributed by atoms with Gasteiger partial charge in [0.15, 0.2) is 5.65 Å². The lowest BCUT2D eigenvalue weighted by molar-refractivity contribution is 0.572. The number of benzene rings is 1. The molecule has 4 aromatic rings. The number of anilines is 1. The molecule has 0 aliphatic carbocycles. The molecular weight excluding hydrogens is 441 g/mol. The molecule has 0 saturated carbocycles. The monoisotopic (exact) mass is 459 g/mol. The molecule has 3 heterocycles. The molecule has 0 aliphatic heterocycles. The fourth-order valence-electron chi connectivity index (χ4n) is 3.28. The number of halogens is 1. The zero-order valence-corrected chi connectivity index (χ0v) is 16.8. The molecule has 26 heavy (non-hydrogen) atoms. The third-order valence-corrected chi connectivity index (χ3v) is 5.44. The molecule has 7 nitrogen and oxygen atoms in total. The highest BCUT2D eigenvalue weighted by Gasteiger charge is 2.25. The van der Waals surface area contributed by atoms with E-state index in [0.29, 0.717) is 5.82 Å². The fraction of sp³-hybridized carbons (Fsp3) is 0.222. The van der Waals surface area contributed by atoms with Gasteiger partial charge in [0.1, 0.15) is 15.8 Å². The Hall–Kier alpha value is -2.49. The molecule has 0 radical (unpaired) electrons. The quantitative estimate of drug-likeness (QED) is 0.475. The van der Waals surface area contributed by atoms with Gasteiger partial charge in [0.25, 0.3) is 0 Å². The van der Waals surface area contributed by atoms with Crippen LogP contribution < -0.4 is 5.73 Å². The minimum atomic E-state index is -0.0563. The molecular formula is C18H18IN7. The molecule has 132 valence electrons. The Balaban J connectivity index is 1.94. The molecule has 0 bridgehead atoms. The molecule has 0 spiro atoms. The Morgan fingerprint density at radius 3 is 2.58 bits per heavy atom. The lowest BCUT2D eigenvalue weighted by atomic mass is 10.0. The number of fused-ring (bicyclic) bond motifs is 1. The van der Waals surface area contributed by atoms with E-state index in [1.165, 1.54) is 6.33 Å². The van der Waals surface area contributed by atoms with Crippen molar-refractivity contribution in [1.82, 2.24) is 29.5 Å². The molecule has 1 unspecified atom stereocenters. The number of nitrogens with two attached hydrogens (primary N) is 1. The largest absolute Gasteiger partial charge is 0.383 e. The van der Waals surface area contributed by atoms with Crippen molar-refractivity contribution in [3.63, 3.8) is 0 Å². The van der Waals surface area contributed by atoms with E-state index in [2.05, 4.69) is 58.5 Å². The second kappa shape index (κ2) is 6.35. The van der Waals surface area contributed by atoms with Crippen LogP contribution in [0.15, 0.2) is 36.7 Å². The first-order valence-electron chi connectivity index (χ1n) is 8.22. The van der Waals surface area contributed by atoms with Crippen molar-refractivity contribution in [3.05, 3.63) is 51.6 Å². The van der Waals surface area contributed by atoms with Crippen LogP contribution in [0.4, 0.5) is 5.82 Å². The van der Waals surface area contributed by atoms with Crippen molar-refractivity contribution < 1.29 is 0 Å². The topological polar surface area (TPSA) is 87.4 Å². The number of hydrogen-bond donors (Lipinski definition) is 1. The predicted molar refractivity (Wildman–Crippen MR) is 110 cm³/mol. The van der Waals surface area contributed by atoms with Gasteiger partial charge in [-0.15, -0.1) is 0 Å². The summed E-state index contributed by atoms with van der Waals surface area (Å²) in [5.41, 5.74) is 11.0. The van der Waals surface area contributed by atoms with Crippen molar-refractivity contribution in [1.29, 1.82) is 0 Å². The number of nitrogens with zero attached hydrogens (tertiary/aromatic N) is 6. The smallest absolute Gasteiger partial charge is 0.165 e. The maximum atomic E-state index is 6.04. The maximum Gasteiger partial charge on any atom is 0.165 e. The average Bonchev–Trinajstić information content (AvgIpc) is 3.14. The molecule has 0 amide bonds. The van der Waals surface area contributed by atoms with Gasteiger partial charge in [-0.2, -0.15) is 10.2 Å². The lowest BCUT2D eigenvalue weighted by Gasteiger charge is -2.15. The SMILES string of the molecule is Cc1c(C(C)n2nc(I)c3c(N)ncnc32)c(-c2ccccc2)nn1C. The summed E-state index contributed by atoms with van der Waals surface area (Å²) in [6.45, 7) is 4.18. The molecule has 0 aliphatic rings. The third kappa shape index (κ3) is 2.56. The first-order chi connectivity index (χ1) is 12.5. The minimum Gasteiger partial charge on any atom is -0.383 e. The molecule has 8 heteroatoms. The van der Waals surface area contributed by atoms with Gasteiger partial charge in [-0.25, -0.2) is 14.6 Å². The standard InChI is InChI=1S/C18H18IN7/c1-10-13(15(23-25(10)3)12-7-5-4-6-8-12)11(2)26-18-14(16(19)24-26)17(20)21-9-22-18/h4-9,11H,1-3H3,(H2,20,21,22). The number of aromatic nitrogens is 6. The Bertz CT molecular complexity index is 1100.